The van der Waals surface area contributed by atoms with Crippen molar-refractivity contribution in [1.29, 1.82) is 0 Å². The van der Waals surface area contributed by atoms with E-state index in [0.717, 1.165) is 24.3 Å². The number of aromatic nitrogens is 2. The number of unbranched alkanes of at least 4 members (excludes halogenated alkanes) is 1. The van der Waals surface area contributed by atoms with Crippen LogP contribution in [0, 0.1) is 5.92 Å². The van der Waals surface area contributed by atoms with Gasteiger partial charge in [0.15, 0.2) is 0 Å². The molecule has 1 saturated heterocycles. The molecule has 2 aromatic rings. The maximum absolute atomic E-state index is 12.4. The van der Waals surface area contributed by atoms with Crippen LogP contribution in [0.1, 0.15) is 37.0 Å². The minimum absolute atomic E-state index is 0.0348. The molecule has 8 heteroatoms. The first-order valence-corrected chi connectivity index (χ1v) is 8.90. The lowest BCUT2D eigenvalue weighted by Gasteiger charge is -2.14. The summed E-state index contributed by atoms with van der Waals surface area (Å²) in [6.07, 6.45) is 4.82. The average molecular weight is 348 g/mol. The molecular formula is C16H20N4O3S. The quantitative estimate of drug-likeness (QED) is 0.830. The number of anilines is 1. The smallest absolute Gasteiger partial charge is 0.231 e. The second kappa shape index (κ2) is 7.57. The molecule has 24 heavy (non-hydrogen) atoms. The Morgan fingerprint density at radius 1 is 1.50 bits per heavy atom. The molecule has 2 amide bonds. The number of hydrogen-bond donors (Lipinski definition) is 1. The molecule has 7 nitrogen and oxygen atoms in total. The van der Waals surface area contributed by atoms with Crippen LogP contribution in [-0.4, -0.2) is 33.5 Å². The molecule has 1 atom stereocenters. The topological polar surface area (TPSA) is 88.3 Å². The molecular weight excluding hydrogens is 328 g/mol. The number of rotatable bonds is 7. The van der Waals surface area contributed by atoms with E-state index in [1.165, 1.54) is 11.3 Å². The number of furan rings is 1. The van der Waals surface area contributed by atoms with Crippen LogP contribution in [0.3, 0.4) is 0 Å². The second-order valence-corrected chi connectivity index (χ2v) is 6.91. The molecule has 128 valence electrons. The van der Waals surface area contributed by atoms with Crippen molar-refractivity contribution in [2.24, 2.45) is 5.92 Å². The van der Waals surface area contributed by atoms with Gasteiger partial charge in [-0.3, -0.25) is 9.59 Å². The minimum Gasteiger partial charge on any atom is -0.467 e. The molecule has 0 aromatic carbocycles. The fourth-order valence-electron chi connectivity index (χ4n) is 2.63. The van der Waals surface area contributed by atoms with Crippen LogP contribution in [0.15, 0.2) is 22.8 Å². The Labute approximate surface area is 144 Å². The minimum atomic E-state index is -0.365. The maximum atomic E-state index is 12.4. The van der Waals surface area contributed by atoms with Gasteiger partial charge in [0.05, 0.1) is 18.7 Å². The number of likely N-dealkylation sites (tertiary alicyclic amines) is 1. The lowest BCUT2D eigenvalue weighted by molar-refractivity contribution is -0.128. The summed E-state index contributed by atoms with van der Waals surface area (Å²) in [5.41, 5.74) is 0. The summed E-state index contributed by atoms with van der Waals surface area (Å²) in [4.78, 5) is 26.1. The summed E-state index contributed by atoms with van der Waals surface area (Å²) in [6, 6.07) is 3.60. The van der Waals surface area contributed by atoms with Gasteiger partial charge in [-0.05, 0) is 18.6 Å². The fourth-order valence-corrected chi connectivity index (χ4v) is 3.42. The lowest BCUT2D eigenvalue weighted by atomic mass is 10.1. The maximum Gasteiger partial charge on any atom is 0.231 e. The van der Waals surface area contributed by atoms with E-state index in [-0.39, 0.29) is 24.2 Å². The molecule has 0 spiro atoms. The van der Waals surface area contributed by atoms with Crippen molar-refractivity contribution in [3.05, 3.63) is 29.2 Å². The van der Waals surface area contributed by atoms with Gasteiger partial charge in [-0.15, -0.1) is 10.2 Å². The summed E-state index contributed by atoms with van der Waals surface area (Å²) in [5.74, 6) is 0.139. The van der Waals surface area contributed by atoms with Gasteiger partial charge in [-0.2, -0.15) is 0 Å². The monoisotopic (exact) mass is 348 g/mol. The van der Waals surface area contributed by atoms with Crippen LogP contribution in [0.25, 0.3) is 0 Å². The summed E-state index contributed by atoms with van der Waals surface area (Å²) >= 11 is 1.40. The number of nitrogens with one attached hydrogen (secondary N) is 1. The summed E-state index contributed by atoms with van der Waals surface area (Å²) in [6.45, 7) is 2.91. The van der Waals surface area contributed by atoms with Crippen LogP contribution in [0.5, 0.6) is 0 Å². The van der Waals surface area contributed by atoms with E-state index in [0.29, 0.717) is 24.0 Å². The van der Waals surface area contributed by atoms with Gasteiger partial charge in [-0.1, -0.05) is 24.7 Å². The van der Waals surface area contributed by atoms with Crippen LogP contribution < -0.4 is 5.32 Å². The van der Waals surface area contributed by atoms with E-state index in [9.17, 15) is 9.59 Å². The Balaban J connectivity index is 1.54. The summed E-state index contributed by atoms with van der Waals surface area (Å²) in [7, 11) is 0. The first-order chi connectivity index (χ1) is 11.7. The van der Waals surface area contributed by atoms with Crippen LogP contribution in [0.4, 0.5) is 5.13 Å². The number of carbonyl (C=O) groups excluding carboxylic acids is 2. The Bertz CT molecular complexity index is 698. The van der Waals surface area contributed by atoms with Crippen molar-refractivity contribution in [1.82, 2.24) is 15.1 Å². The average Bonchev–Trinajstić information content (AvgIpc) is 3.29. The molecule has 1 N–H and O–H groups in total. The molecule has 3 rings (SSSR count). The molecule has 3 heterocycles. The predicted octanol–water partition coefficient (Wildman–Crippen LogP) is 2.46. The third-order valence-electron chi connectivity index (χ3n) is 3.95. The van der Waals surface area contributed by atoms with Crippen LogP contribution >= 0.6 is 11.3 Å². The SMILES string of the molecule is CCCCc1nnc(NC(=O)[C@H]2CC(=O)N(Cc3ccco3)C2)s1. The highest BCUT2D eigenvalue weighted by Crippen LogP contribution is 2.23. The number of carbonyl (C=O) groups is 2. The van der Waals surface area contributed by atoms with Crippen molar-refractivity contribution in [3.8, 4) is 0 Å². The molecule has 0 aliphatic carbocycles. The first kappa shape index (κ1) is 16.6. The third kappa shape index (κ3) is 4.00. The van der Waals surface area contributed by atoms with Gasteiger partial charge in [0.25, 0.3) is 0 Å². The molecule has 1 aliphatic heterocycles. The Hall–Kier alpha value is -2.22. The zero-order valence-electron chi connectivity index (χ0n) is 13.5. The molecule has 1 aliphatic rings. The van der Waals surface area contributed by atoms with E-state index in [1.54, 1.807) is 17.2 Å². The zero-order valence-corrected chi connectivity index (χ0v) is 14.3. The highest BCUT2D eigenvalue weighted by atomic mass is 32.1. The molecule has 0 radical (unpaired) electrons. The van der Waals surface area contributed by atoms with Crippen molar-refractivity contribution in [2.75, 3.05) is 11.9 Å². The predicted molar refractivity (Wildman–Crippen MR) is 89.4 cm³/mol. The van der Waals surface area contributed by atoms with Gasteiger partial charge in [0.1, 0.15) is 10.8 Å². The Morgan fingerprint density at radius 3 is 3.12 bits per heavy atom. The standard InChI is InChI=1S/C16H20N4O3S/c1-2-3-6-13-18-19-16(24-13)17-15(22)11-8-14(21)20(9-11)10-12-5-4-7-23-12/h4-5,7,11H,2-3,6,8-10H2,1H3,(H,17,19,22)/t11-/m0/s1. The van der Waals surface area contributed by atoms with E-state index < -0.39 is 0 Å². The van der Waals surface area contributed by atoms with E-state index in [2.05, 4.69) is 22.4 Å². The first-order valence-electron chi connectivity index (χ1n) is 8.09. The highest BCUT2D eigenvalue weighted by molar-refractivity contribution is 7.15. The second-order valence-electron chi connectivity index (χ2n) is 5.85. The number of amides is 2. The van der Waals surface area contributed by atoms with E-state index in [1.807, 2.05) is 6.07 Å². The molecule has 0 bridgehead atoms. The van der Waals surface area contributed by atoms with Crippen LogP contribution in [-0.2, 0) is 22.6 Å². The molecule has 0 saturated carbocycles. The van der Waals surface area contributed by atoms with Crippen molar-refractivity contribution in [2.45, 2.75) is 39.2 Å². The molecule has 2 aromatic heterocycles. The van der Waals surface area contributed by atoms with Gasteiger partial charge in [0.2, 0.25) is 16.9 Å². The Morgan fingerprint density at radius 2 is 2.38 bits per heavy atom. The number of aryl methyl sites for hydroxylation is 1. The van der Waals surface area contributed by atoms with Gasteiger partial charge >= 0.3 is 0 Å². The van der Waals surface area contributed by atoms with Gasteiger partial charge in [0, 0.05) is 19.4 Å². The molecule has 1 fully saturated rings. The summed E-state index contributed by atoms with van der Waals surface area (Å²) < 4.78 is 5.26. The van der Waals surface area contributed by atoms with Crippen molar-refractivity contribution in [3.63, 3.8) is 0 Å². The molecule has 0 unspecified atom stereocenters. The normalized spacial score (nSPS) is 17.5. The van der Waals surface area contributed by atoms with Crippen molar-refractivity contribution >= 4 is 28.3 Å². The third-order valence-corrected chi connectivity index (χ3v) is 4.85. The van der Waals surface area contributed by atoms with E-state index >= 15 is 0 Å². The lowest BCUT2D eigenvalue weighted by Crippen LogP contribution is -2.27. The largest absolute Gasteiger partial charge is 0.467 e. The van der Waals surface area contributed by atoms with Gasteiger partial charge < -0.3 is 14.6 Å². The van der Waals surface area contributed by atoms with Crippen LogP contribution in [0.2, 0.25) is 0 Å². The van der Waals surface area contributed by atoms with Crippen molar-refractivity contribution < 1.29 is 14.0 Å². The zero-order chi connectivity index (χ0) is 16.9. The fraction of sp³-hybridized carbons (Fsp3) is 0.500. The number of hydrogen-bond acceptors (Lipinski definition) is 6. The summed E-state index contributed by atoms with van der Waals surface area (Å²) in [5, 5.41) is 12.3. The highest BCUT2D eigenvalue weighted by Gasteiger charge is 2.35. The van der Waals surface area contributed by atoms with E-state index in [4.69, 9.17) is 4.42 Å². The Kier molecular flexibility index (Phi) is 5.24. The number of nitrogens with zero attached hydrogens (tertiary/aromatic N) is 3. The van der Waals surface area contributed by atoms with Gasteiger partial charge in [-0.25, -0.2) is 0 Å².